The topological polar surface area (TPSA) is 92.8 Å². The Morgan fingerprint density at radius 1 is 1.16 bits per heavy atom. The van der Waals surface area contributed by atoms with Crippen LogP contribution in [0.15, 0.2) is 53.4 Å². The number of aryl methyl sites for hydroxylation is 1. The summed E-state index contributed by atoms with van der Waals surface area (Å²) in [5, 5.41) is 0. The number of sulfonamides is 1. The van der Waals surface area contributed by atoms with Crippen molar-refractivity contribution in [2.45, 2.75) is 50.2 Å². The van der Waals surface area contributed by atoms with Crippen molar-refractivity contribution < 1.29 is 22.7 Å². The molecule has 0 bridgehead atoms. The van der Waals surface area contributed by atoms with E-state index < -0.39 is 21.7 Å². The molecule has 0 saturated carbocycles. The smallest absolute Gasteiger partial charge is 0.241 e. The van der Waals surface area contributed by atoms with Gasteiger partial charge in [-0.1, -0.05) is 38.1 Å². The number of rotatable bonds is 5. The van der Waals surface area contributed by atoms with E-state index in [4.69, 9.17) is 4.74 Å². The van der Waals surface area contributed by atoms with E-state index in [0.717, 1.165) is 5.56 Å². The summed E-state index contributed by atoms with van der Waals surface area (Å²) in [6.07, 6.45) is 0.726. The Bertz CT molecular complexity index is 1160. The normalized spacial score (nSPS) is 21.5. The van der Waals surface area contributed by atoms with Gasteiger partial charge in [0.2, 0.25) is 15.9 Å². The van der Waals surface area contributed by atoms with Crippen molar-refractivity contribution in [1.82, 2.24) is 9.62 Å². The number of likely N-dealkylation sites (tertiary alicyclic amines) is 1. The lowest BCUT2D eigenvalue weighted by atomic mass is 9.89. The van der Waals surface area contributed by atoms with Gasteiger partial charge in [0.1, 0.15) is 17.4 Å². The molecule has 2 unspecified atom stereocenters. The molecule has 2 aliphatic rings. The van der Waals surface area contributed by atoms with Crippen LogP contribution in [0.4, 0.5) is 0 Å². The fourth-order valence-electron chi connectivity index (χ4n) is 4.39. The van der Waals surface area contributed by atoms with Crippen LogP contribution in [0.2, 0.25) is 0 Å². The summed E-state index contributed by atoms with van der Waals surface area (Å²) in [5.41, 5.74) is 0.618. The van der Waals surface area contributed by atoms with Gasteiger partial charge < -0.3 is 9.64 Å². The highest BCUT2D eigenvalue weighted by Crippen LogP contribution is 2.38. The predicted octanol–water partition coefficient (Wildman–Crippen LogP) is 2.93. The van der Waals surface area contributed by atoms with Crippen LogP contribution >= 0.6 is 0 Å². The largest absolute Gasteiger partial charge is 0.484 e. The summed E-state index contributed by atoms with van der Waals surface area (Å²) >= 11 is 0. The van der Waals surface area contributed by atoms with Gasteiger partial charge in [-0.3, -0.25) is 9.59 Å². The Morgan fingerprint density at radius 3 is 2.62 bits per heavy atom. The standard InChI is InChI=1S/C24H28N2O5S/c1-16(2)22(25-32(29,30)18-8-6-7-17(3)13-18)23(28)26-12-11-24(15-26)14-20(27)19-9-4-5-10-21(19)31-24/h4-10,13,16,22,25H,11-12,14-15H2,1-3H3. The number of benzene rings is 2. The first kappa shape index (κ1) is 22.5. The molecule has 0 aromatic heterocycles. The lowest BCUT2D eigenvalue weighted by Crippen LogP contribution is -2.52. The van der Waals surface area contributed by atoms with Crippen LogP contribution in [0.5, 0.6) is 5.75 Å². The number of ketones is 1. The van der Waals surface area contributed by atoms with Crippen LogP contribution in [0.3, 0.4) is 0 Å². The maximum absolute atomic E-state index is 13.4. The molecule has 2 atom stereocenters. The number of carbonyl (C=O) groups is 2. The lowest BCUT2D eigenvalue weighted by Gasteiger charge is -2.35. The van der Waals surface area contributed by atoms with Crippen molar-refractivity contribution in [3.8, 4) is 5.75 Å². The van der Waals surface area contributed by atoms with Crippen LogP contribution in [0, 0.1) is 12.8 Å². The number of hydrogen-bond acceptors (Lipinski definition) is 5. The first-order chi connectivity index (χ1) is 15.1. The van der Waals surface area contributed by atoms with Gasteiger partial charge in [0.05, 0.1) is 23.4 Å². The summed E-state index contributed by atoms with van der Waals surface area (Å²) in [6.45, 7) is 6.09. The SMILES string of the molecule is Cc1cccc(S(=O)(=O)NC(C(=O)N2CCC3(CC(=O)c4ccccc4O3)C2)C(C)C)c1. The molecule has 1 saturated heterocycles. The van der Waals surface area contributed by atoms with Crippen LogP contribution in [-0.4, -0.2) is 49.7 Å². The molecule has 0 radical (unpaired) electrons. The van der Waals surface area contributed by atoms with Crippen molar-refractivity contribution >= 4 is 21.7 Å². The minimum atomic E-state index is -3.87. The minimum Gasteiger partial charge on any atom is -0.484 e. The Morgan fingerprint density at radius 2 is 1.91 bits per heavy atom. The molecule has 8 heteroatoms. The number of Topliss-reactive ketones (excluding diaryl/α,β-unsaturated/α-hetero) is 1. The van der Waals surface area contributed by atoms with Crippen molar-refractivity contribution in [2.75, 3.05) is 13.1 Å². The van der Waals surface area contributed by atoms with Crippen LogP contribution in [0.1, 0.15) is 42.6 Å². The fourth-order valence-corrected chi connectivity index (χ4v) is 5.83. The molecule has 2 aliphatic heterocycles. The number of hydrogen-bond donors (Lipinski definition) is 1. The summed E-state index contributed by atoms with van der Waals surface area (Å²) in [7, 11) is -3.87. The highest BCUT2D eigenvalue weighted by atomic mass is 32.2. The third-order valence-corrected chi connectivity index (χ3v) is 7.58. The molecule has 1 amide bonds. The van der Waals surface area contributed by atoms with Crippen LogP contribution in [0.25, 0.3) is 0 Å². The van der Waals surface area contributed by atoms with Crippen molar-refractivity contribution in [3.63, 3.8) is 0 Å². The van der Waals surface area contributed by atoms with Crippen molar-refractivity contribution in [1.29, 1.82) is 0 Å². The number of fused-ring (bicyclic) bond motifs is 1. The molecule has 1 N–H and O–H groups in total. The van der Waals surface area contributed by atoms with E-state index in [0.29, 0.717) is 24.3 Å². The molecular formula is C24H28N2O5S. The zero-order valence-electron chi connectivity index (χ0n) is 18.5. The molecule has 7 nitrogen and oxygen atoms in total. The van der Waals surface area contributed by atoms with Gasteiger partial charge in [0, 0.05) is 13.0 Å². The summed E-state index contributed by atoms with van der Waals surface area (Å²) in [5.74, 6) is -0.0170. The van der Waals surface area contributed by atoms with E-state index >= 15 is 0 Å². The highest BCUT2D eigenvalue weighted by molar-refractivity contribution is 7.89. The Hall–Kier alpha value is -2.71. The number of amides is 1. The van der Waals surface area contributed by atoms with Gasteiger partial charge in [-0.25, -0.2) is 8.42 Å². The Labute approximate surface area is 188 Å². The molecule has 2 aromatic carbocycles. The number of carbonyl (C=O) groups excluding carboxylic acids is 2. The molecule has 4 rings (SSSR count). The second-order valence-electron chi connectivity index (χ2n) is 9.05. The molecule has 1 spiro atoms. The average molecular weight is 457 g/mol. The van der Waals surface area contributed by atoms with Gasteiger partial charge in [0.25, 0.3) is 0 Å². The molecular weight excluding hydrogens is 428 g/mol. The molecule has 1 fully saturated rings. The van der Waals surface area contributed by atoms with Gasteiger partial charge in [-0.05, 0) is 42.7 Å². The second-order valence-corrected chi connectivity index (χ2v) is 10.8. The first-order valence-electron chi connectivity index (χ1n) is 10.8. The second kappa shape index (κ2) is 8.33. The monoisotopic (exact) mass is 456 g/mol. The lowest BCUT2D eigenvalue weighted by molar-refractivity contribution is -0.133. The van der Waals surface area contributed by atoms with Crippen molar-refractivity contribution in [2.24, 2.45) is 5.92 Å². The zero-order chi connectivity index (χ0) is 23.1. The number of nitrogens with one attached hydrogen (secondary N) is 1. The third kappa shape index (κ3) is 4.29. The average Bonchev–Trinajstić information content (AvgIpc) is 3.14. The number of nitrogens with zero attached hydrogens (tertiary/aromatic N) is 1. The Balaban J connectivity index is 1.52. The minimum absolute atomic E-state index is 0.00158. The summed E-state index contributed by atoms with van der Waals surface area (Å²) < 4.78 is 34.7. The van der Waals surface area contributed by atoms with E-state index in [2.05, 4.69) is 4.72 Å². The van der Waals surface area contributed by atoms with E-state index in [1.807, 2.05) is 32.9 Å². The van der Waals surface area contributed by atoms with Crippen LogP contribution in [-0.2, 0) is 14.8 Å². The van der Waals surface area contributed by atoms with Gasteiger partial charge in [-0.2, -0.15) is 4.72 Å². The third-order valence-electron chi connectivity index (χ3n) is 6.14. The molecule has 2 heterocycles. The van der Waals surface area contributed by atoms with Gasteiger partial charge in [0.15, 0.2) is 5.78 Å². The van der Waals surface area contributed by atoms with Gasteiger partial charge in [-0.15, -0.1) is 0 Å². The highest BCUT2D eigenvalue weighted by Gasteiger charge is 2.48. The fraction of sp³-hybridized carbons (Fsp3) is 0.417. The molecule has 0 aliphatic carbocycles. The maximum atomic E-state index is 13.4. The summed E-state index contributed by atoms with van der Waals surface area (Å²) in [4.78, 5) is 27.8. The molecule has 2 aromatic rings. The van der Waals surface area contributed by atoms with Crippen molar-refractivity contribution in [3.05, 3.63) is 59.7 Å². The number of ether oxygens (including phenoxy) is 1. The Kier molecular flexibility index (Phi) is 5.85. The molecule has 32 heavy (non-hydrogen) atoms. The zero-order valence-corrected chi connectivity index (χ0v) is 19.3. The van der Waals surface area contributed by atoms with E-state index in [-0.39, 0.29) is 35.5 Å². The predicted molar refractivity (Wildman–Crippen MR) is 120 cm³/mol. The maximum Gasteiger partial charge on any atom is 0.241 e. The van der Waals surface area contributed by atoms with E-state index in [1.165, 1.54) is 6.07 Å². The molecule has 170 valence electrons. The number of para-hydroxylation sites is 1. The van der Waals surface area contributed by atoms with Gasteiger partial charge >= 0.3 is 0 Å². The van der Waals surface area contributed by atoms with E-state index in [9.17, 15) is 18.0 Å². The van der Waals surface area contributed by atoms with E-state index in [1.54, 1.807) is 35.2 Å². The quantitative estimate of drug-likeness (QED) is 0.747. The first-order valence-corrected chi connectivity index (χ1v) is 12.3. The van der Waals surface area contributed by atoms with Crippen LogP contribution < -0.4 is 9.46 Å². The summed E-state index contributed by atoms with van der Waals surface area (Å²) in [6, 6.07) is 12.8.